The molecule has 6 nitrogen and oxygen atoms in total. The van der Waals surface area contributed by atoms with E-state index in [1.165, 1.54) is 6.92 Å². The highest BCUT2D eigenvalue weighted by molar-refractivity contribution is 5.86. The van der Waals surface area contributed by atoms with E-state index in [1.807, 2.05) is 31.2 Å². The third-order valence-electron chi connectivity index (χ3n) is 3.29. The van der Waals surface area contributed by atoms with Crippen LogP contribution >= 0.6 is 0 Å². The molecule has 3 N–H and O–H groups in total. The zero-order chi connectivity index (χ0) is 16.7. The van der Waals surface area contributed by atoms with Crippen LogP contribution in [0.5, 0.6) is 0 Å². The minimum Gasteiger partial charge on any atom is -0.481 e. The standard InChI is InChI=1S/C16H22N2O4/c1-10-4-6-13(7-5-10)8-14(16(21)22)9-17-15(20)11(2)18-12(3)19/h4-7,11,14H,8-9H2,1-3H3,(H,17,20)(H,18,19)(H,21,22)/t11-,14-/m1/s1. The Balaban J connectivity index is 2.58. The Kier molecular flexibility index (Phi) is 6.56. The fraction of sp³-hybridized carbons (Fsp3) is 0.438. The highest BCUT2D eigenvalue weighted by Gasteiger charge is 2.21. The zero-order valence-electron chi connectivity index (χ0n) is 13.1. The summed E-state index contributed by atoms with van der Waals surface area (Å²) in [6.07, 6.45) is 0.338. The summed E-state index contributed by atoms with van der Waals surface area (Å²) in [5, 5.41) is 14.3. The number of carbonyl (C=O) groups excluding carboxylic acids is 2. The molecule has 0 aromatic heterocycles. The molecule has 0 fully saturated rings. The Bertz CT molecular complexity index is 540. The van der Waals surface area contributed by atoms with E-state index >= 15 is 0 Å². The maximum Gasteiger partial charge on any atom is 0.308 e. The molecule has 0 aliphatic heterocycles. The van der Waals surface area contributed by atoms with Crippen LogP contribution in [0.1, 0.15) is 25.0 Å². The topological polar surface area (TPSA) is 95.5 Å². The Hall–Kier alpha value is -2.37. The molecule has 0 aliphatic rings. The van der Waals surface area contributed by atoms with Gasteiger partial charge in [0.2, 0.25) is 11.8 Å². The molecule has 0 saturated carbocycles. The van der Waals surface area contributed by atoms with E-state index in [-0.39, 0.29) is 12.5 Å². The molecule has 22 heavy (non-hydrogen) atoms. The van der Waals surface area contributed by atoms with E-state index < -0.39 is 23.8 Å². The van der Waals surface area contributed by atoms with Crippen LogP contribution in [0.3, 0.4) is 0 Å². The molecule has 0 bridgehead atoms. The molecule has 120 valence electrons. The quantitative estimate of drug-likeness (QED) is 0.697. The van der Waals surface area contributed by atoms with E-state index in [4.69, 9.17) is 0 Å². The molecule has 0 heterocycles. The van der Waals surface area contributed by atoms with Gasteiger partial charge in [0, 0.05) is 13.5 Å². The van der Waals surface area contributed by atoms with Gasteiger partial charge in [-0.05, 0) is 25.8 Å². The van der Waals surface area contributed by atoms with Gasteiger partial charge in [-0.25, -0.2) is 0 Å². The average Bonchev–Trinajstić information content (AvgIpc) is 2.44. The first kappa shape index (κ1) is 17.7. The molecule has 6 heteroatoms. The molecular weight excluding hydrogens is 284 g/mol. The smallest absolute Gasteiger partial charge is 0.308 e. The molecule has 2 atom stereocenters. The van der Waals surface area contributed by atoms with Crippen molar-refractivity contribution >= 4 is 17.8 Å². The molecular formula is C16H22N2O4. The van der Waals surface area contributed by atoms with Gasteiger partial charge in [0.15, 0.2) is 0 Å². The SMILES string of the molecule is CC(=O)N[C@H](C)C(=O)NC[C@@H](Cc1ccc(C)cc1)C(=O)O. The van der Waals surface area contributed by atoms with Crippen LogP contribution in [0.4, 0.5) is 0 Å². The fourth-order valence-electron chi connectivity index (χ4n) is 2.00. The first-order valence-electron chi connectivity index (χ1n) is 7.12. The molecule has 0 spiro atoms. The van der Waals surface area contributed by atoms with Crippen LogP contribution in [0.2, 0.25) is 0 Å². The number of aliphatic carboxylic acids is 1. The highest BCUT2D eigenvalue weighted by Crippen LogP contribution is 2.10. The van der Waals surface area contributed by atoms with Crippen LogP contribution in [0.15, 0.2) is 24.3 Å². The largest absolute Gasteiger partial charge is 0.481 e. The number of carboxylic acids is 1. The van der Waals surface area contributed by atoms with Crippen molar-refractivity contribution in [2.45, 2.75) is 33.2 Å². The maximum absolute atomic E-state index is 11.8. The van der Waals surface area contributed by atoms with Crippen molar-refractivity contribution in [1.29, 1.82) is 0 Å². The van der Waals surface area contributed by atoms with E-state index in [9.17, 15) is 19.5 Å². The van der Waals surface area contributed by atoms with Gasteiger partial charge in [0.1, 0.15) is 6.04 Å². The normalized spacial score (nSPS) is 13.0. The highest BCUT2D eigenvalue weighted by atomic mass is 16.4. The van der Waals surface area contributed by atoms with Gasteiger partial charge in [-0.1, -0.05) is 29.8 Å². The molecule has 2 amide bonds. The lowest BCUT2D eigenvalue weighted by atomic mass is 9.98. The summed E-state index contributed by atoms with van der Waals surface area (Å²) in [7, 11) is 0. The number of amides is 2. The van der Waals surface area contributed by atoms with Gasteiger partial charge in [-0.15, -0.1) is 0 Å². The van der Waals surface area contributed by atoms with Crippen molar-refractivity contribution in [3.63, 3.8) is 0 Å². The van der Waals surface area contributed by atoms with Gasteiger partial charge in [0.05, 0.1) is 5.92 Å². The van der Waals surface area contributed by atoms with Crippen molar-refractivity contribution in [1.82, 2.24) is 10.6 Å². The van der Waals surface area contributed by atoms with Gasteiger partial charge in [-0.3, -0.25) is 14.4 Å². The third-order valence-corrected chi connectivity index (χ3v) is 3.29. The number of rotatable bonds is 7. The average molecular weight is 306 g/mol. The first-order chi connectivity index (χ1) is 10.3. The predicted octanol–water partition coefficient (Wildman–Crippen LogP) is 0.879. The number of carboxylic acid groups (broad SMARTS) is 1. The Morgan fingerprint density at radius 3 is 2.27 bits per heavy atom. The molecule has 1 aromatic carbocycles. The van der Waals surface area contributed by atoms with Crippen molar-refractivity contribution in [2.24, 2.45) is 5.92 Å². The number of hydrogen-bond acceptors (Lipinski definition) is 3. The fourth-order valence-corrected chi connectivity index (χ4v) is 2.00. The lowest BCUT2D eigenvalue weighted by Crippen LogP contribution is -2.46. The molecule has 0 aliphatic carbocycles. The minimum absolute atomic E-state index is 0.0198. The molecule has 1 aromatic rings. The Morgan fingerprint density at radius 2 is 1.77 bits per heavy atom. The van der Waals surface area contributed by atoms with Crippen LogP contribution in [0.25, 0.3) is 0 Å². The van der Waals surface area contributed by atoms with Crippen LogP contribution in [-0.4, -0.2) is 35.5 Å². The lowest BCUT2D eigenvalue weighted by molar-refractivity contribution is -0.141. The van der Waals surface area contributed by atoms with Crippen LogP contribution < -0.4 is 10.6 Å². The van der Waals surface area contributed by atoms with Gasteiger partial charge in [-0.2, -0.15) is 0 Å². The maximum atomic E-state index is 11.8. The summed E-state index contributed by atoms with van der Waals surface area (Å²) in [4.78, 5) is 34.0. The number of hydrogen-bond donors (Lipinski definition) is 3. The van der Waals surface area contributed by atoms with Crippen molar-refractivity contribution in [2.75, 3.05) is 6.54 Å². The Morgan fingerprint density at radius 1 is 1.18 bits per heavy atom. The number of aryl methyl sites for hydroxylation is 1. The van der Waals surface area contributed by atoms with Gasteiger partial charge < -0.3 is 15.7 Å². The number of benzene rings is 1. The Labute approximate surface area is 129 Å². The second kappa shape index (κ2) is 8.17. The van der Waals surface area contributed by atoms with Gasteiger partial charge >= 0.3 is 5.97 Å². The summed E-state index contributed by atoms with van der Waals surface area (Å²) in [5.41, 5.74) is 2.01. The van der Waals surface area contributed by atoms with E-state index in [1.54, 1.807) is 6.92 Å². The number of nitrogens with one attached hydrogen (secondary N) is 2. The van der Waals surface area contributed by atoms with Crippen molar-refractivity contribution in [3.8, 4) is 0 Å². The van der Waals surface area contributed by atoms with E-state index in [0.29, 0.717) is 6.42 Å². The lowest BCUT2D eigenvalue weighted by Gasteiger charge is -2.16. The molecule has 1 rings (SSSR count). The van der Waals surface area contributed by atoms with Crippen molar-refractivity contribution in [3.05, 3.63) is 35.4 Å². The van der Waals surface area contributed by atoms with Gasteiger partial charge in [0.25, 0.3) is 0 Å². The molecule has 0 saturated heterocycles. The number of carbonyl (C=O) groups is 3. The minimum atomic E-state index is -0.965. The first-order valence-corrected chi connectivity index (χ1v) is 7.12. The zero-order valence-corrected chi connectivity index (χ0v) is 13.1. The van der Waals surface area contributed by atoms with E-state index in [0.717, 1.165) is 11.1 Å². The summed E-state index contributed by atoms with van der Waals surface area (Å²) >= 11 is 0. The summed E-state index contributed by atoms with van der Waals surface area (Å²) in [6, 6.07) is 6.92. The summed E-state index contributed by atoms with van der Waals surface area (Å²) in [6.45, 7) is 4.85. The predicted molar refractivity (Wildman–Crippen MR) is 82.3 cm³/mol. The molecule has 0 radical (unpaired) electrons. The van der Waals surface area contributed by atoms with E-state index in [2.05, 4.69) is 10.6 Å². The second-order valence-corrected chi connectivity index (χ2v) is 5.39. The second-order valence-electron chi connectivity index (χ2n) is 5.39. The van der Waals surface area contributed by atoms with Crippen molar-refractivity contribution < 1.29 is 19.5 Å². The van der Waals surface area contributed by atoms with Crippen LogP contribution in [0, 0.1) is 12.8 Å². The summed E-state index contributed by atoms with van der Waals surface area (Å²) in [5.74, 6) is -2.38. The summed E-state index contributed by atoms with van der Waals surface area (Å²) < 4.78 is 0. The molecule has 0 unspecified atom stereocenters. The monoisotopic (exact) mass is 306 g/mol. The van der Waals surface area contributed by atoms with Crippen LogP contribution in [-0.2, 0) is 20.8 Å². The third kappa shape index (κ3) is 5.95.